The number of aromatic nitrogens is 1. The Bertz CT molecular complexity index is 651. The van der Waals surface area contributed by atoms with Gasteiger partial charge in [0.15, 0.2) is 12.4 Å². The molecule has 0 saturated heterocycles. The van der Waals surface area contributed by atoms with Gasteiger partial charge in [-0.05, 0) is 11.1 Å². The van der Waals surface area contributed by atoms with Gasteiger partial charge < -0.3 is 0 Å². The molecule has 4 nitrogen and oxygen atoms in total. The summed E-state index contributed by atoms with van der Waals surface area (Å²) in [6.45, 7) is 4.21. The number of benzene rings is 1. The summed E-state index contributed by atoms with van der Waals surface area (Å²) in [5.41, 5.74) is 2.04. The first-order valence-electron chi connectivity index (χ1n) is 6.22. The van der Waals surface area contributed by atoms with Gasteiger partial charge in [-0.1, -0.05) is 35.8 Å². The maximum Gasteiger partial charge on any atom is 0.270 e. The largest absolute Gasteiger partial charge is 0.270 e. The Morgan fingerprint density at radius 2 is 1.80 bits per heavy atom. The molecule has 0 unspecified atom stereocenters. The van der Waals surface area contributed by atoms with Gasteiger partial charge >= 0.3 is 0 Å². The van der Waals surface area contributed by atoms with Crippen molar-refractivity contribution in [3.63, 3.8) is 0 Å². The van der Waals surface area contributed by atoms with Crippen LogP contribution in [0.25, 0.3) is 0 Å². The second-order valence-electron chi connectivity index (χ2n) is 5.30. The molecular weight excluding hydrogens is 320 g/mol. The molecule has 20 heavy (non-hydrogen) atoms. The van der Waals surface area contributed by atoms with Gasteiger partial charge in [-0.3, -0.25) is 10.1 Å². The molecule has 2 rings (SSSR count). The summed E-state index contributed by atoms with van der Waals surface area (Å²) in [7, 11) is 1.97. The Morgan fingerprint density at radius 3 is 2.30 bits per heavy atom. The third-order valence-electron chi connectivity index (χ3n) is 3.54. The number of halogens is 1. The van der Waals surface area contributed by atoms with E-state index in [1.807, 2.05) is 30.1 Å². The lowest BCUT2D eigenvalue weighted by Gasteiger charge is -2.26. The van der Waals surface area contributed by atoms with Gasteiger partial charge in [-0.25, -0.2) is 4.57 Å². The summed E-state index contributed by atoms with van der Waals surface area (Å²) in [4.78, 5) is 10.4. The van der Waals surface area contributed by atoms with E-state index in [1.165, 1.54) is 0 Å². The Morgan fingerprint density at radius 1 is 1.20 bits per heavy atom. The summed E-state index contributed by atoms with van der Waals surface area (Å²) in [6.07, 6.45) is 3.99. The van der Waals surface area contributed by atoms with Crippen LogP contribution in [0, 0.1) is 10.1 Å². The molecule has 104 valence electrons. The quantitative estimate of drug-likeness (QED) is 0.489. The second-order valence-corrected chi connectivity index (χ2v) is 6.15. The third-order valence-corrected chi connectivity index (χ3v) is 4.19. The van der Waals surface area contributed by atoms with E-state index in [1.54, 1.807) is 12.1 Å². The van der Waals surface area contributed by atoms with E-state index < -0.39 is 0 Å². The number of non-ortho nitro benzene ring substituents is 1. The van der Waals surface area contributed by atoms with Gasteiger partial charge in [0.25, 0.3) is 5.69 Å². The van der Waals surface area contributed by atoms with Crippen LogP contribution in [0.15, 0.2) is 47.2 Å². The van der Waals surface area contributed by atoms with Crippen LogP contribution in [0.2, 0.25) is 0 Å². The molecule has 1 aromatic heterocycles. The summed E-state index contributed by atoms with van der Waals surface area (Å²) < 4.78 is 2.73. The van der Waals surface area contributed by atoms with Gasteiger partial charge in [0, 0.05) is 34.2 Å². The molecule has 1 heterocycles. The Hall–Kier alpha value is -1.75. The van der Waals surface area contributed by atoms with Crippen LogP contribution >= 0.6 is 15.9 Å². The van der Waals surface area contributed by atoms with Crippen molar-refractivity contribution in [2.45, 2.75) is 19.3 Å². The molecule has 0 aliphatic rings. The molecule has 0 N–H and O–H groups in total. The van der Waals surface area contributed by atoms with Crippen molar-refractivity contribution >= 4 is 21.6 Å². The first kappa shape index (κ1) is 14.7. The molecule has 0 aliphatic carbocycles. The van der Waals surface area contributed by atoms with E-state index in [2.05, 4.69) is 41.9 Å². The molecule has 2 aromatic rings. The number of hydrogen-bond acceptors (Lipinski definition) is 2. The van der Waals surface area contributed by atoms with E-state index in [0.29, 0.717) is 0 Å². The maximum absolute atomic E-state index is 10.8. The zero-order valence-electron chi connectivity index (χ0n) is 11.6. The predicted molar refractivity (Wildman–Crippen MR) is 80.5 cm³/mol. The van der Waals surface area contributed by atoms with E-state index in [4.69, 9.17) is 0 Å². The van der Waals surface area contributed by atoms with Gasteiger partial charge in [0.1, 0.15) is 7.05 Å². The van der Waals surface area contributed by atoms with Gasteiger partial charge in [0.2, 0.25) is 0 Å². The van der Waals surface area contributed by atoms with Crippen LogP contribution < -0.4 is 4.57 Å². The van der Waals surface area contributed by atoms with E-state index in [9.17, 15) is 10.1 Å². The van der Waals surface area contributed by atoms with Crippen molar-refractivity contribution in [3.05, 3.63) is 68.4 Å². The number of rotatable bonds is 3. The summed E-state index contributed by atoms with van der Waals surface area (Å²) in [6, 6.07) is 9.04. The van der Waals surface area contributed by atoms with Crippen molar-refractivity contribution in [2.75, 3.05) is 0 Å². The molecule has 0 saturated carbocycles. The molecule has 0 bridgehead atoms. The number of hydrogen-bond donors (Lipinski definition) is 0. The second kappa shape index (κ2) is 5.32. The predicted octanol–water partition coefficient (Wildman–Crippen LogP) is 3.51. The summed E-state index contributed by atoms with van der Waals surface area (Å²) >= 11 is 3.45. The van der Waals surface area contributed by atoms with Crippen molar-refractivity contribution < 1.29 is 9.49 Å². The van der Waals surface area contributed by atoms with E-state index >= 15 is 0 Å². The minimum absolute atomic E-state index is 0.0934. The first-order chi connectivity index (χ1) is 9.32. The molecule has 0 amide bonds. The van der Waals surface area contributed by atoms with E-state index in [-0.39, 0.29) is 16.0 Å². The van der Waals surface area contributed by atoms with Crippen LogP contribution in [0.3, 0.4) is 0 Å². The lowest BCUT2D eigenvalue weighted by Crippen LogP contribution is -2.28. The highest BCUT2D eigenvalue weighted by atomic mass is 79.9. The number of nitro groups is 1. The minimum Gasteiger partial charge on any atom is -0.258 e. The fourth-order valence-corrected chi connectivity index (χ4v) is 3.06. The Labute approximate surface area is 126 Å². The van der Waals surface area contributed by atoms with Gasteiger partial charge in [-0.15, -0.1) is 0 Å². The minimum atomic E-state index is -0.385. The molecule has 0 aliphatic heterocycles. The monoisotopic (exact) mass is 335 g/mol. The maximum atomic E-state index is 10.8. The number of nitrogens with zero attached hydrogens (tertiary/aromatic N) is 2. The molecule has 0 radical (unpaired) electrons. The third kappa shape index (κ3) is 2.72. The molecule has 0 atom stereocenters. The van der Waals surface area contributed by atoms with Gasteiger partial charge in [0.05, 0.1) is 4.92 Å². The molecule has 5 heteroatoms. The van der Waals surface area contributed by atoms with Crippen molar-refractivity contribution in [2.24, 2.45) is 7.05 Å². The fraction of sp³-hybridized carbons (Fsp3) is 0.267. The summed E-state index contributed by atoms with van der Waals surface area (Å²) in [5, 5.41) is 10.8. The number of nitro benzene ring substituents is 1. The molecular formula is C15H16BrN2O2+. The standard InChI is InChI=1S/C15H16BrN2O2/c1-15(2,11-6-8-17(3)9-7-11)13-5-4-12(18(19)20)10-14(13)16/h4-10H,1-3H3/q+1. The summed E-state index contributed by atoms with van der Waals surface area (Å²) in [5.74, 6) is 0. The zero-order chi connectivity index (χ0) is 14.9. The highest BCUT2D eigenvalue weighted by Crippen LogP contribution is 2.37. The number of aryl methyl sites for hydroxylation is 1. The van der Waals surface area contributed by atoms with Crippen LogP contribution in [-0.4, -0.2) is 4.92 Å². The Balaban J connectivity index is 2.48. The SMILES string of the molecule is C[n+]1ccc(C(C)(C)c2ccc([N+](=O)[O-])cc2Br)cc1. The van der Waals surface area contributed by atoms with Crippen molar-refractivity contribution in [3.8, 4) is 0 Å². The van der Waals surface area contributed by atoms with Crippen molar-refractivity contribution in [1.82, 2.24) is 0 Å². The first-order valence-corrected chi connectivity index (χ1v) is 7.02. The normalized spacial score (nSPS) is 11.4. The lowest BCUT2D eigenvalue weighted by molar-refractivity contribution is -0.671. The highest BCUT2D eigenvalue weighted by molar-refractivity contribution is 9.10. The van der Waals surface area contributed by atoms with Crippen LogP contribution in [0.1, 0.15) is 25.0 Å². The van der Waals surface area contributed by atoms with Crippen LogP contribution in [-0.2, 0) is 12.5 Å². The Kier molecular flexibility index (Phi) is 3.90. The van der Waals surface area contributed by atoms with Gasteiger partial charge in [-0.2, -0.15) is 0 Å². The molecule has 0 fully saturated rings. The lowest BCUT2D eigenvalue weighted by atomic mass is 9.78. The average molecular weight is 336 g/mol. The topological polar surface area (TPSA) is 47.0 Å². The van der Waals surface area contributed by atoms with E-state index in [0.717, 1.165) is 15.6 Å². The molecule has 1 aromatic carbocycles. The number of pyridine rings is 1. The molecule has 0 spiro atoms. The van der Waals surface area contributed by atoms with Crippen LogP contribution in [0.5, 0.6) is 0 Å². The van der Waals surface area contributed by atoms with Crippen LogP contribution in [0.4, 0.5) is 5.69 Å². The fourth-order valence-electron chi connectivity index (χ4n) is 2.20. The smallest absolute Gasteiger partial charge is 0.258 e. The highest BCUT2D eigenvalue weighted by Gasteiger charge is 2.27. The average Bonchev–Trinajstić information content (AvgIpc) is 2.38. The van der Waals surface area contributed by atoms with Crippen molar-refractivity contribution in [1.29, 1.82) is 0 Å². The zero-order valence-corrected chi connectivity index (χ0v) is 13.2.